The van der Waals surface area contributed by atoms with Crippen molar-refractivity contribution < 1.29 is 38.7 Å². The van der Waals surface area contributed by atoms with Crippen molar-refractivity contribution in [3.05, 3.63) is 77.4 Å². The lowest BCUT2D eigenvalue weighted by Crippen LogP contribution is -2.53. The van der Waals surface area contributed by atoms with Crippen LogP contribution in [0.3, 0.4) is 0 Å². The number of carbonyl (C=O) groups is 1. The number of benzene rings is 3. The molecule has 39 heavy (non-hydrogen) atoms. The molecule has 1 fully saturated rings. The minimum absolute atomic E-state index is 0.123. The molecule has 5 atom stereocenters. The van der Waals surface area contributed by atoms with Gasteiger partial charge in [-0.2, -0.15) is 0 Å². The smallest absolute Gasteiger partial charge is 0.228 e. The highest BCUT2D eigenvalue weighted by molar-refractivity contribution is 5.83. The number of carbonyl (C=O) groups excluding carboxylic acids is 1. The standard InChI is InChI=1S/C30H33NO8/c1-31(2)28(34)24-25(17-10-8-7-9-11-17)29(18-12-13-21(36-4)20(32)14-18)30(38-6,27(24)33)26-22(37-5)15-19(35-3)16-23(26)39-29/h7-16,24-25,27,32-33H,1-6H3. The lowest BCUT2D eigenvalue weighted by Gasteiger charge is -2.43. The Hall–Kier alpha value is -3.95. The maximum absolute atomic E-state index is 13.9. The number of nitrogens with zero attached hydrogens (tertiary/aromatic N) is 1. The molecular formula is C30H33NO8. The van der Waals surface area contributed by atoms with Gasteiger partial charge in [-0.15, -0.1) is 0 Å². The zero-order valence-electron chi connectivity index (χ0n) is 22.8. The number of aromatic hydroxyl groups is 1. The van der Waals surface area contributed by atoms with Crippen LogP contribution in [0.5, 0.6) is 28.7 Å². The molecule has 0 spiro atoms. The fourth-order valence-electron chi connectivity index (χ4n) is 6.50. The number of amides is 1. The van der Waals surface area contributed by atoms with E-state index in [1.54, 1.807) is 38.4 Å². The predicted molar refractivity (Wildman–Crippen MR) is 143 cm³/mol. The van der Waals surface area contributed by atoms with E-state index in [2.05, 4.69) is 0 Å². The molecule has 1 aliphatic carbocycles. The van der Waals surface area contributed by atoms with Gasteiger partial charge in [-0.25, -0.2) is 0 Å². The van der Waals surface area contributed by atoms with Crippen molar-refractivity contribution in [3.63, 3.8) is 0 Å². The van der Waals surface area contributed by atoms with E-state index in [9.17, 15) is 15.0 Å². The van der Waals surface area contributed by atoms with Crippen molar-refractivity contribution >= 4 is 5.91 Å². The van der Waals surface area contributed by atoms with Gasteiger partial charge in [0, 0.05) is 44.8 Å². The summed E-state index contributed by atoms with van der Waals surface area (Å²) in [5, 5.41) is 23.2. The molecule has 206 valence electrons. The number of aliphatic hydroxyl groups is 1. The van der Waals surface area contributed by atoms with E-state index < -0.39 is 29.1 Å². The second-order valence-electron chi connectivity index (χ2n) is 9.96. The number of rotatable bonds is 7. The number of phenolic OH excluding ortho intramolecular Hbond substituents is 1. The lowest BCUT2D eigenvalue weighted by atomic mass is 9.70. The molecule has 9 nitrogen and oxygen atoms in total. The van der Waals surface area contributed by atoms with Gasteiger partial charge in [0.05, 0.1) is 32.8 Å². The van der Waals surface area contributed by atoms with Crippen LogP contribution in [0.25, 0.3) is 0 Å². The number of ether oxygens (including phenoxy) is 5. The van der Waals surface area contributed by atoms with E-state index in [0.717, 1.165) is 5.56 Å². The quantitative estimate of drug-likeness (QED) is 0.474. The number of phenols is 1. The third-order valence-electron chi connectivity index (χ3n) is 8.06. The van der Waals surface area contributed by atoms with Crippen LogP contribution in [0.4, 0.5) is 0 Å². The van der Waals surface area contributed by atoms with Gasteiger partial charge in [0.1, 0.15) is 23.4 Å². The second-order valence-corrected chi connectivity index (χ2v) is 9.96. The summed E-state index contributed by atoms with van der Waals surface area (Å²) in [5.74, 6) is -0.654. The summed E-state index contributed by atoms with van der Waals surface area (Å²) >= 11 is 0. The third kappa shape index (κ3) is 3.49. The van der Waals surface area contributed by atoms with Crippen LogP contribution in [0.1, 0.15) is 22.6 Å². The van der Waals surface area contributed by atoms with Gasteiger partial charge in [0.2, 0.25) is 5.91 Å². The molecule has 0 saturated heterocycles. The molecule has 1 heterocycles. The van der Waals surface area contributed by atoms with Gasteiger partial charge in [-0.05, 0) is 17.7 Å². The van der Waals surface area contributed by atoms with Gasteiger partial charge in [0.15, 0.2) is 22.7 Å². The Kier molecular flexibility index (Phi) is 6.60. The Balaban J connectivity index is 1.94. The van der Waals surface area contributed by atoms with Crippen LogP contribution in [0, 0.1) is 5.92 Å². The van der Waals surface area contributed by atoms with Crippen LogP contribution in [0.2, 0.25) is 0 Å². The zero-order valence-corrected chi connectivity index (χ0v) is 22.8. The van der Waals surface area contributed by atoms with Crippen LogP contribution < -0.4 is 18.9 Å². The Morgan fingerprint density at radius 1 is 0.923 bits per heavy atom. The summed E-state index contributed by atoms with van der Waals surface area (Å²) in [6.45, 7) is 0. The first-order chi connectivity index (χ1) is 18.7. The van der Waals surface area contributed by atoms with Gasteiger partial charge in [-0.3, -0.25) is 4.79 Å². The van der Waals surface area contributed by atoms with E-state index in [4.69, 9.17) is 23.7 Å². The van der Waals surface area contributed by atoms with Crippen molar-refractivity contribution in [1.82, 2.24) is 4.90 Å². The highest BCUT2D eigenvalue weighted by Gasteiger charge is 2.79. The number of methoxy groups -OCH3 is 4. The minimum Gasteiger partial charge on any atom is -0.504 e. The van der Waals surface area contributed by atoms with Gasteiger partial charge < -0.3 is 38.8 Å². The highest BCUT2D eigenvalue weighted by Crippen LogP contribution is 2.71. The fraction of sp³-hybridized carbons (Fsp3) is 0.367. The second kappa shape index (κ2) is 9.66. The fourth-order valence-corrected chi connectivity index (χ4v) is 6.50. The van der Waals surface area contributed by atoms with Crippen LogP contribution in [-0.4, -0.2) is 69.7 Å². The van der Waals surface area contributed by atoms with E-state index in [0.29, 0.717) is 28.4 Å². The number of hydrogen-bond acceptors (Lipinski definition) is 8. The monoisotopic (exact) mass is 535 g/mol. The molecule has 0 radical (unpaired) electrons. The van der Waals surface area contributed by atoms with Crippen LogP contribution >= 0.6 is 0 Å². The van der Waals surface area contributed by atoms with Gasteiger partial charge in [0.25, 0.3) is 0 Å². The van der Waals surface area contributed by atoms with Crippen molar-refractivity contribution in [2.75, 3.05) is 42.5 Å². The molecular weight excluding hydrogens is 502 g/mol. The Bertz CT molecular complexity index is 1390. The number of aliphatic hydroxyl groups excluding tert-OH is 1. The minimum atomic E-state index is -1.63. The van der Waals surface area contributed by atoms with Gasteiger partial charge >= 0.3 is 0 Å². The summed E-state index contributed by atoms with van der Waals surface area (Å²) in [5.41, 5.74) is -1.46. The van der Waals surface area contributed by atoms with Crippen LogP contribution in [-0.2, 0) is 20.7 Å². The van der Waals surface area contributed by atoms with E-state index in [1.165, 1.54) is 39.4 Å². The third-order valence-corrected chi connectivity index (χ3v) is 8.06. The van der Waals surface area contributed by atoms with Crippen molar-refractivity contribution in [3.8, 4) is 28.7 Å². The lowest BCUT2D eigenvalue weighted by molar-refractivity contribution is -0.174. The van der Waals surface area contributed by atoms with Crippen LogP contribution in [0.15, 0.2) is 60.7 Å². The van der Waals surface area contributed by atoms with E-state index in [1.807, 2.05) is 30.3 Å². The molecule has 1 amide bonds. The average Bonchev–Trinajstić information content (AvgIpc) is 3.37. The summed E-state index contributed by atoms with van der Waals surface area (Å²) in [6, 6.07) is 17.7. The van der Waals surface area contributed by atoms with Crippen molar-refractivity contribution in [2.24, 2.45) is 5.92 Å². The van der Waals surface area contributed by atoms with E-state index in [-0.39, 0.29) is 17.4 Å². The maximum Gasteiger partial charge on any atom is 0.228 e. The number of hydrogen-bond donors (Lipinski definition) is 2. The molecule has 0 aromatic heterocycles. The van der Waals surface area contributed by atoms with Crippen molar-refractivity contribution in [2.45, 2.75) is 23.2 Å². The Labute approximate surface area is 227 Å². The molecule has 2 aliphatic rings. The summed E-state index contributed by atoms with van der Waals surface area (Å²) in [7, 11) is 9.29. The Morgan fingerprint density at radius 3 is 2.18 bits per heavy atom. The molecule has 0 bridgehead atoms. The molecule has 1 saturated carbocycles. The Morgan fingerprint density at radius 2 is 1.62 bits per heavy atom. The summed E-state index contributed by atoms with van der Waals surface area (Å²) in [6.07, 6.45) is -1.38. The maximum atomic E-state index is 13.9. The zero-order chi connectivity index (χ0) is 28.1. The first-order valence-corrected chi connectivity index (χ1v) is 12.5. The average molecular weight is 536 g/mol. The number of fused-ring (bicyclic) bond motifs is 3. The highest BCUT2D eigenvalue weighted by atomic mass is 16.6. The first kappa shape index (κ1) is 26.6. The molecule has 5 rings (SSSR count). The van der Waals surface area contributed by atoms with Crippen molar-refractivity contribution in [1.29, 1.82) is 0 Å². The normalized spacial score (nSPS) is 26.8. The largest absolute Gasteiger partial charge is 0.504 e. The summed E-state index contributed by atoms with van der Waals surface area (Å²) < 4.78 is 29.9. The SMILES string of the molecule is COc1cc(OC)c2c(c1)OC1(c3ccc(OC)c(O)c3)C(c3ccccc3)C(C(=O)N(C)C)C(O)C21OC. The predicted octanol–water partition coefficient (Wildman–Crippen LogP) is 3.41. The topological polar surface area (TPSA) is 107 Å². The molecule has 3 aromatic carbocycles. The summed E-state index contributed by atoms with van der Waals surface area (Å²) in [4.78, 5) is 15.3. The van der Waals surface area contributed by atoms with E-state index >= 15 is 0 Å². The molecule has 5 unspecified atom stereocenters. The van der Waals surface area contributed by atoms with Gasteiger partial charge in [-0.1, -0.05) is 36.4 Å². The molecule has 3 aromatic rings. The molecule has 9 heteroatoms. The first-order valence-electron chi connectivity index (χ1n) is 12.5. The molecule has 1 aliphatic heterocycles. The molecule has 2 N–H and O–H groups in total.